The standard InChI is InChI=1S/C17H29NO3/c1-12(2)16(18-11-7-10-15(18)19)17(20)21-13(3)14-8-5-4-6-9-14/h12-14,16H,4-11H2,1-3H3/t13-,16-/m0/s1. The monoisotopic (exact) mass is 295 g/mol. The van der Waals surface area contributed by atoms with E-state index in [9.17, 15) is 9.59 Å². The third kappa shape index (κ3) is 3.98. The van der Waals surface area contributed by atoms with Crippen LogP contribution in [0.15, 0.2) is 0 Å². The van der Waals surface area contributed by atoms with Crippen LogP contribution in [-0.2, 0) is 14.3 Å². The maximum Gasteiger partial charge on any atom is 0.329 e. The van der Waals surface area contributed by atoms with Crippen LogP contribution < -0.4 is 0 Å². The van der Waals surface area contributed by atoms with Gasteiger partial charge >= 0.3 is 5.97 Å². The minimum Gasteiger partial charge on any atom is -0.461 e. The topological polar surface area (TPSA) is 46.6 Å². The van der Waals surface area contributed by atoms with Crippen LogP contribution in [0.3, 0.4) is 0 Å². The molecule has 1 saturated heterocycles. The Kier molecular flexibility index (Phi) is 5.65. The molecule has 4 heteroatoms. The summed E-state index contributed by atoms with van der Waals surface area (Å²) in [6, 6.07) is -0.411. The number of nitrogens with zero attached hydrogens (tertiary/aromatic N) is 1. The minimum atomic E-state index is -0.411. The maximum absolute atomic E-state index is 12.6. The first kappa shape index (κ1) is 16.3. The molecule has 120 valence electrons. The number of rotatable bonds is 5. The van der Waals surface area contributed by atoms with Crippen molar-refractivity contribution in [1.82, 2.24) is 4.90 Å². The largest absolute Gasteiger partial charge is 0.461 e. The van der Waals surface area contributed by atoms with Crippen molar-refractivity contribution in [3.05, 3.63) is 0 Å². The fourth-order valence-electron chi connectivity index (χ4n) is 3.68. The Hall–Kier alpha value is -1.06. The van der Waals surface area contributed by atoms with Crippen molar-refractivity contribution in [2.24, 2.45) is 11.8 Å². The summed E-state index contributed by atoms with van der Waals surface area (Å²) in [7, 11) is 0. The minimum absolute atomic E-state index is 0.0308. The summed E-state index contributed by atoms with van der Waals surface area (Å²) in [4.78, 5) is 26.2. The van der Waals surface area contributed by atoms with E-state index in [2.05, 4.69) is 0 Å². The lowest BCUT2D eigenvalue weighted by Gasteiger charge is -2.33. The molecule has 2 rings (SSSR count). The highest BCUT2D eigenvalue weighted by molar-refractivity contribution is 5.86. The van der Waals surface area contributed by atoms with Gasteiger partial charge in [0.2, 0.25) is 5.91 Å². The van der Waals surface area contributed by atoms with Crippen molar-refractivity contribution in [3.63, 3.8) is 0 Å². The van der Waals surface area contributed by atoms with E-state index in [1.54, 1.807) is 4.90 Å². The fourth-order valence-corrected chi connectivity index (χ4v) is 3.68. The van der Waals surface area contributed by atoms with Gasteiger partial charge in [0, 0.05) is 13.0 Å². The second-order valence-corrected chi connectivity index (χ2v) is 6.92. The molecule has 0 aromatic rings. The Morgan fingerprint density at radius 2 is 1.81 bits per heavy atom. The molecule has 2 aliphatic rings. The van der Waals surface area contributed by atoms with E-state index in [0.29, 0.717) is 18.9 Å². The van der Waals surface area contributed by atoms with Crippen LogP contribution in [0.4, 0.5) is 0 Å². The quantitative estimate of drug-likeness (QED) is 0.732. The zero-order valence-electron chi connectivity index (χ0n) is 13.6. The zero-order valence-corrected chi connectivity index (χ0v) is 13.6. The van der Waals surface area contributed by atoms with E-state index in [0.717, 1.165) is 19.3 Å². The predicted octanol–water partition coefficient (Wildman–Crippen LogP) is 3.15. The van der Waals surface area contributed by atoms with Crippen LogP contribution in [0.1, 0.15) is 65.7 Å². The summed E-state index contributed by atoms with van der Waals surface area (Å²) < 4.78 is 5.74. The highest BCUT2D eigenvalue weighted by Gasteiger charge is 2.37. The van der Waals surface area contributed by atoms with Gasteiger partial charge in [-0.25, -0.2) is 4.79 Å². The second kappa shape index (κ2) is 7.28. The van der Waals surface area contributed by atoms with Gasteiger partial charge in [-0.1, -0.05) is 33.1 Å². The summed E-state index contributed by atoms with van der Waals surface area (Å²) in [5, 5.41) is 0. The van der Waals surface area contributed by atoms with Gasteiger partial charge in [-0.05, 0) is 38.0 Å². The fraction of sp³-hybridized carbons (Fsp3) is 0.882. The van der Waals surface area contributed by atoms with Crippen LogP contribution in [-0.4, -0.2) is 35.5 Å². The van der Waals surface area contributed by atoms with Crippen molar-refractivity contribution in [2.45, 2.75) is 77.9 Å². The lowest BCUT2D eigenvalue weighted by molar-refractivity contribution is -0.162. The van der Waals surface area contributed by atoms with E-state index in [4.69, 9.17) is 4.74 Å². The number of carbonyl (C=O) groups excluding carboxylic acids is 2. The molecule has 0 unspecified atom stereocenters. The molecule has 1 aliphatic carbocycles. The molecule has 2 atom stereocenters. The van der Waals surface area contributed by atoms with Gasteiger partial charge in [0.25, 0.3) is 0 Å². The van der Waals surface area contributed by atoms with Crippen molar-refractivity contribution < 1.29 is 14.3 Å². The van der Waals surface area contributed by atoms with Crippen molar-refractivity contribution >= 4 is 11.9 Å². The van der Waals surface area contributed by atoms with Gasteiger partial charge in [0.05, 0.1) is 0 Å². The van der Waals surface area contributed by atoms with Crippen molar-refractivity contribution in [2.75, 3.05) is 6.54 Å². The first-order chi connectivity index (χ1) is 10.0. The number of ether oxygens (including phenoxy) is 1. The molecule has 0 aromatic carbocycles. The normalized spacial score (nSPS) is 23.4. The van der Waals surface area contributed by atoms with Crippen molar-refractivity contribution in [1.29, 1.82) is 0 Å². The van der Waals surface area contributed by atoms with Gasteiger partial charge in [0.1, 0.15) is 12.1 Å². The number of hydrogen-bond donors (Lipinski definition) is 0. The summed E-state index contributed by atoms with van der Waals surface area (Å²) in [6.07, 6.45) is 7.48. The molecule has 4 nitrogen and oxygen atoms in total. The molecule has 0 bridgehead atoms. The smallest absolute Gasteiger partial charge is 0.329 e. The molecule has 2 fully saturated rings. The summed E-state index contributed by atoms with van der Waals surface area (Å²) in [6.45, 7) is 6.68. The molecule has 1 saturated carbocycles. The van der Waals surface area contributed by atoms with Crippen LogP contribution >= 0.6 is 0 Å². The lowest BCUT2D eigenvalue weighted by atomic mass is 9.86. The van der Waals surface area contributed by atoms with E-state index < -0.39 is 6.04 Å². The Labute approximate surface area is 128 Å². The first-order valence-electron chi connectivity index (χ1n) is 8.50. The molecule has 1 amide bonds. The summed E-state index contributed by atoms with van der Waals surface area (Å²) >= 11 is 0. The SMILES string of the molecule is CC(C)[C@@H](C(=O)O[C@@H](C)C1CCCCC1)N1CCCC1=O. The third-order valence-corrected chi connectivity index (χ3v) is 4.93. The van der Waals surface area contributed by atoms with E-state index in [1.807, 2.05) is 20.8 Å². The molecule has 1 aliphatic heterocycles. The third-order valence-electron chi connectivity index (χ3n) is 4.93. The molecular formula is C17H29NO3. The van der Waals surface area contributed by atoms with Gasteiger partial charge in [-0.3, -0.25) is 4.79 Å². The first-order valence-corrected chi connectivity index (χ1v) is 8.50. The zero-order chi connectivity index (χ0) is 15.4. The molecule has 1 heterocycles. The molecule has 0 aromatic heterocycles. The Bertz CT molecular complexity index is 374. The van der Waals surface area contributed by atoms with Gasteiger partial charge in [-0.2, -0.15) is 0 Å². The van der Waals surface area contributed by atoms with E-state index in [1.165, 1.54) is 19.3 Å². The van der Waals surface area contributed by atoms with Crippen LogP contribution in [0.25, 0.3) is 0 Å². The Balaban J connectivity index is 1.96. The highest BCUT2D eigenvalue weighted by Crippen LogP contribution is 2.29. The lowest BCUT2D eigenvalue weighted by Crippen LogP contribution is -2.47. The molecule has 0 radical (unpaired) electrons. The Morgan fingerprint density at radius 3 is 2.33 bits per heavy atom. The number of carbonyl (C=O) groups is 2. The summed E-state index contributed by atoms with van der Waals surface area (Å²) in [5.41, 5.74) is 0. The van der Waals surface area contributed by atoms with Crippen LogP contribution in [0.2, 0.25) is 0 Å². The number of esters is 1. The average Bonchev–Trinajstić information content (AvgIpc) is 2.85. The van der Waals surface area contributed by atoms with E-state index in [-0.39, 0.29) is 23.9 Å². The van der Waals surface area contributed by atoms with Gasteiger partial charge in [-0.15, -0.1) is 0 Å². The molecule has 0 spiro atoms. The van der Waals surface area contributed by atoms with E-state index >= 15 is 0 Å². The van der Waals surface area contributed by atoms with Crippen LogP contribution in [0.5, 0.6) is 0 Å². The highest BCUT2D eigenvalue weighted by atomic mass is 16.5. The summed E-state index contributed by atoms with van der Waals surface area (Å²) in [5.74, 6) is 0.470. The number of likely N-dealkylation sites (tertiary alicyclic amines) is 1. The average molecular weight is 295 g/mol. The number of amides is 1. The second-order valence-electron chi connectivity index (χ2n) is 6.92. The van der Waals surface area contributed by atoms with Crippen molar-refractivity contribution in [3.8, 4) is 0 Å². The molecule has 0 N–H and O–H groups in total. The van der Waals surface area contributed by atoms with Gasteiger partial charge < -0.3 is 9.64 Å². The maximum atomic E-state index is 12.6. The van der Waals surface area contributed by atoms with Gasteiger partial charge in [0.15, 0.2) is 0 Å². The molecule has 21 heavy (non-hydrogen) atoms. The molecular weight excluding hydrogens is 266 g/mol. The van der Waals surface area contributed by atoms with Crippen LogP contribution in [0, 0.1) is 11.8 Å². The number of hydrogen-bond acceptors (Lipinski definition) is 3. The Morgan fingerprint density at radius 1 is 1.14 bits per heavy atom. The predicted molar refractivity (Wildman–Crippen MR) is 81.7 cm³/mol.